The number of hydrogen-bond donors (Lipinski definition) is 1. The van der Waals surface area contributed by atoms with E-state index < -0.39 is 0 Å². The van der Waals surface area contributed by atoms with Crippen LogP contribution in [0, 0.1) is 0 Å². The zero-order chi connectivity index (χ0) is 19.1. The van der Waals surface area contributed by atoms with Gasteiger partial charge in [0.1, 0.15) is 12.2 Å². The molecule has 1 aromatic carbocycles. The van der Waals surface area contributed by atoms with Gasteiger partial charge in [0.25, 0.3) is 0 Å². The van der Waals surface area contributed by atoms with Gasteiger partial charge in [0.2, 0.25) is 0 Å². The van der Waals surface area contributed by atoms with Crippen LogP contribution in [0.5, 0.6) is 0 Å². The van der Waals surface area contributed by atoms with Crippen molar-refractivity contribution in [1.82, 2.24) is 25.0 Å². The van der Waals surface area contributed by atoms with Crippen LogP contribution in [-0.2, 0) is 19.4 Å². The highest BCUT2D eigenvalue weighted by molar-refractivity contribution is 6.35. The number of aromatic nitrogens is 3. The summed E-state index contributed by atoms with van der Waals surface area (Å²) in [5, 5.41) is 13.0. The Bertz CT molecular complexity index is 767. The van der Waals surface area contributed by atoms with Gasteiger partial charge >= 0.3 is 0 Å². The molecule has 2 aromatic rings. The second-order valence-corrected chi connectivity index (χ2v) is 7.45. The number of aliphatic imine (C=N–C) groups is 1. The minimum absolute atomic E-state index is 0.659. The van der Waals surface area contributed by atoms with Crippen LogP contribution in [0.2, 0.25) is 10.0 Å². The molecule has 6 nitrogen and oxygen atoms in total. The molecule has 3 rings (SSSR count). The van der Waals surface area contributed by atoms with Gasteiger partial charge in [0.15, 0.2) is 5.96 Å². The van der Waals surface area contributed by atoms with E-state index in [1.807, 2.05) is 12.1 Å². The van der Waals surface area contributed by atoms with E-state index in [1.165, 1.54) is 12.8 Å². The van der Waals surface area contributed by atoms with Crippen LogP contribution in [0.15, 0.2) is 29.5 Å². The summed E-state index contributed by atoms with van der Waals surface area (Å²) >= 11 is 12.2. The molecule has 0 bridgehead atoms. The predicted octanol–water partition coefficient (Wildman–Crippen LogP) is 3.43. The second-order valence-electron chi connectivity index (χ2n) is 6.61. The number of guanidine groups is 1. The lowest BCUT2D eigenvalue weighted by molar-refractivity contribution is 0.486. The highest BCUT2D eigenvalue weighted by atomic mass is 35.5. The normalized spacial score (nSPS) is 14.8. The Labute approximate surface area is 170 Å². The maximum Gasteiger partial charge on any atom is 0.193 e. The topological polar surface area (TPSA) is 58.3 Å². The molecule has 1 aromatic heterocycles. The molecule has 0 atom stereocenters. The van der Waals surface area contributed by atoms with Crippen molar-refractivity contribution in [3.05, 3.63) is 46.0 Å². The lowest BCUT2D eigenvalue weighted by atomic mass is 10.1. The zero-order valence-electron chi connectivity index (χ0n) is 15.7. The van der Waals surface area contributed by atoms with Gasteiger partial charge in [-0.3, -0.25) is 4.99 Å². The molecule has 0 amide bonds. The van der Waals surface area contributed by atoms with E-state index in [0.717, 1.165) is 56.4 Å². The SMILES string of the molecule is CCc1nncn1CCNC(=NCCc1ccc(Cl)cc1Cl)N1CCCC1. The number of benzene rings is 1. The summed E-state index contributed by atoms with van der Waals surface area (Å²) in [5.74, 6) is 1.98. The minimum atomic E-state index is 0.659. The van der Waals surface area contributed by atoms with Crippen molar-refractivity contribution in [3.8, 4) is 0 Å². The van der Waals surface area contributed by atoms with E-state index in [0.29, 0.717) is 16.6 Å². The van der Waals surface area contributed by atoms with E-state index in [9.17, 15) is 0 Å². The largest absolute Gasteiger partial charge is 0.354 e. The highest BCUT2D eigenvalue weighted by Gasteiger charge is 2.16. The van der Waals surface area contributed by atoms with Gasteiger partial charge in [-0.05, 0) is 37.0 Å². The standard InChI is InChI=1S/C19H26Cl2N6/c1-2-18-25-24-14-27(18)12-9-23-19(26-10-3-4-11-26)22-8-7-15-5-6-16(20)13-17(15)21/h5-6,13-14H,2-4,7-12H2,1H3,(H,22,23). The summed E-state index contributed by atoms with van der Waals surface area (Å²) in [6, 6.07) is 5.63. The first-order valence-corrected chi connectivity index (χ1v) is 10.3. The fourth-order valence-electron chi connectivity index (χ4n) is 3.23. The van der Waals surface area contributed by atoms with Crippen LogP contribution in [0.1, 0.15) is 31.2 Å². The minimum Gasteiger partial charge on any atom is -0.354 e. The average molecular weight is 409 g/mol. The molecule has 1 saturated heterocycles. The fraction of sp³-hybridized carbons (Fsp3) is 0.526. The lowest BCUT2D eigenvalue weighted by Crippen LogP contribution is -2.41. The summed E-state index contributed by atoms with van der Waals surface area (Å²) in [6.07, 6.45) is 5.90. The molecule has 0 spiro atoms. The van der Waals surface area contributed by atoms with Crippen LogP contribution >= 0.6 is 23.2 Å². The quantitative estimate of drug-likeness (QED) is 0.562. The maximum atomic E-state index is 6.27. The summed E-state index contributed by atoms with van der Waals surface area (Å²) in [4.78, 5) is 7.16. The Balaban J connectivity index is 1.58. The first-order valence-electron chi connectivity index (χ1n) is 9.51. The number of rotatable bonds is 7. The van der Waals surface area contributed by atoms with Crippen molar-refractivity contribution < 1.29 is 0 Å². The zero-order valence-corrected chi connectivity index (χ0v) is 17.2. The monoisotopic (exact) mass is 408 g/mol. The van der Waals surface area contributed by atoms with Crippen molar-refractivity contribution in [2.45, 2.75) is 39.2 Å². The molecule has 146 valence electrons. The maximum absolute atomic E-state index is 6.27. The fourth-order valence-corrected chi connectivity index (χ4v) is 3.73. The molecule has 1 aliphatic heterocycles. The van der Waals surface area contributed by atoms with Crippen molar-refractivity contribution >= 4 is 29.2 Å². The Hall–Kier alpha value is -1.79. The summed E-state index contributed by atoms with van der Waals surface area (Å²) in [7, 11) is 0. The molecule has 1 N–H and O–H groups in total. The molecule has 0 unspecified atom stereocenters. The van der Waals surface area contributed by atoms with Crippen molar-refractivity contribution in [2.24, 2.45) is 4.99 Å². The number of halogens is 2. The van der Waals surface area contributed by atoms with E-state index in [4.69, 9.17) is 28.2 Å². The molecule has 1 fully saturated rings. The lowest BCUT2D eigenvalue weighted by Gasteiger charge is -2.21. The van der Waals surface area contributed by atoms with E-state index >= 15 is 0 Å². The number of nitrogens with zero attached hydrogens (tertiary/aromatic N) is 5. The van der Waals surface area contributed by atoms with Gasteiger partial charge in [0.05, 0.1) is 0 Å². The van der Waals surface area contributed by atoms with Crippen molar-refractivity contribution in [1.29, 1.82) is 0 Å². The predicted molar refractivity (Wildman–Crippen MR) is 111 cm³/mol. The van der Waals surface area contributed by atoms with Gasteiger partial charge in [0, 0.05) is 49.2 Å². The molecular formula is C19H26Cl2N6. The Morgan fingerprint density at radius 1 is 1.26 bits per heavy atom. The average Bonchev–Trinajstić information content (AvgIpc) is 3.33. The van der Waals surface area contributed by atoms with Crippen LogP contribution in [0.4, 0.5) is 0 Å². The van der Waals surface area contributed by atoms with Crippen LogP contribution in [0.25, 0.3) is 0 Å². The van der Waals surface area contributed by atoms with Crippen molar-refractivity contribution in [2.75, 3.05) is 26.2 Å². The van der Waals surface area contributed by atoms with E-state index in [1.54, 1.807) is 12.4 Å². The molecule has 0 aliphatic carbocycles. The van der Waals surface area contributed by atoms with Crippen LogP contribution in [-0.4, -0.2) is 51.8 Å². The van der Waals surface area contributed by atoms with Gasteiger partial charge in [-0.15, -0.1) is 10.2 Å². The Morgan fingerprint density at radius 2 is 2.07 bits per heavy atom. The first kappa shape index (κ1) is 20.0. The molecule has 0 saturated carbocycles. The Morgan fingerprint density at radius 3 is 2.81 bits per heavy atom. The van der Waals surface area contributed by atoms with E-state index in [2.05, 4.69) is 31.9 Å². The third kappa shape index (κ3) is 5.59. The number of nitrogens with one attached hydrogen (secondary N) is 1. The summed E-state index contributed by atoms with van der Waals surface area (Å²) in [5.41, 5.74) is 1.07. The van der Waals surface area contributed by atoms with Gasteiger partial charge < -0.3 is 14.8 Å². The highest BCUT2D eigenvalue weighted by Crippen LogP contribution is 2.21. The molecule has 8 heteroatoms. The molecule has 1 aliphatic rings. The molecule has 2 heterocycles. The van der Waals surface area contributed by atoms with Crippen molar-refractivity contribution in [3.63, 3.8) is 0 Å². The smallest absolute Gasteiger partial charge is 0.193 e. The van der Waals surface area contributed by atoms with Crippen LogP contribution in [0.3, 0.4) is 0 Å². The molecule has 27 heavy (non-hydrogen) atoms. The van der Waals surface area contributed by atoms with Gasteiger partial charge in [-0.25, -0.2) is 0 Å². The van der Waals surface area contributed by atoms with Crippen LogP contribution < -0.4 is 5.32 Å². The van der Waals surface area contributed by atoms with E-state index in [-0.39, 0.29) is 0 Å². The van der Waals surface area contributed by atoms with Gasteiger partial charge in [-0.1, -0.05) is 36.2 Å². The summed E-state index contributed by atoms with van der Waals surface area (Å²) < 4.78 is 2.09. The third-order valence-electron chi connectivity index (χ3n) is 4.71. The number of aryl methyl sites for hydroxylation is 1. The first-order chi connectivity index (χ1) is 13.2. The van der Waals surface area contributed by atoms with Gasteiger partial charge in [-0.2, -0.15) is 0 Å². The number of likely N-dealkylation sites (tertiary alicyclic amines) is 1. The molecule has 0 radical (unpaired) electrons. The third-order valence-corrected chi connectivity index (χ3v) is 5.30. The summed E-state index contributed by atoms with van der Waals surface area (Å²) in [6.45, 7) is 6.51. The second kappa shape index (κ2) is 9.95. The Kier molecular flexibility index (Phi) is 7.35. The number of hydrogen-bond acceptors (Lipinski definition) is 3. The molecular weight excluding hydrogens is 383 g/mol.